The van der Waals surface area contributed by atoms with Gasteiger partial charge in [0.25, 0.3) is 5.91 Å². The van der Waals surface area contributed by atoms with Crippen molar-refractivity contribution in [2.24, 2.45) is 5.10 Å². The molecule has 5 rings (SSSR count). The summed E-state index contributed by atoms with van der Waals surface area (Å²) < 4.78 is 28.4. The highest BCUT2D eigenvalue weighted by atomic mass is 16.6. The molecule has 0 aliphatic rings. The molecule has 0 spiro atoms. The Kier molecular flexibility index (Phi) is 10.7. The lowest BCUT2D eigenvalue weighted by Gasteiger charge is -2.13. The van der Waals surface area contributed by atoms with Crippen molar-refractivity contribution >= 4 is 29.0 Å². The Morgan fingerprint density at radius 1 is 0.723 bits per heavy atom. The molecule has 5 aromatic rings. The summed E-state index contributed by atoms with van der Waals surface area (Å²) in [4.78, 5) is 29.7. The molecule has 0 fully saturated rings. The molecule has 0 bridgehead atoms. The molecule has 0 saturated heterocycles. The van der Waals surface area contributed by atoms with Crippen molar-refractivity contribution in [3.05, 3.63) is 102 Å². The predicted molar refractivity (Wildman–Crippen MR) is 181 cm³/mol. The number of benzene rings is 4. The van der Waals surface area contributed by atoms with E-state index in [4.69, 9.17) is 23.7 Å². The van der Waals surface area contributed by atoms with Crippen molar-refractivity contribution in [3.63, 3.8) is 0 Å². The molecule has 242 valence electrons. The number of aromatic amines is 1. The molecule has 10 heteroatoms. The maximum atomic E-state index is 13.4. The van der Waals surface area contributed by atoms with E-state index >= 15 is 0 Å². The molecule has 1 amide bonds. The van der Waals surface area contributed by atoms with Crippen LogP contribution in [-0.4, -0.2) is 49.5 Å². The number of carbonyl (C=O) groups excluding carboxylic acids is 2. The summed E-state index contributed by atoms with van der Waals surface area (Å²) in [6.45, 7) is 9.24. The topological polar surface area (TPSA) is 120 Å². The van der Waals surface area contributed by atoms with E-state index in [1.54, 1.807) is 36.4 Å². The average molecular weight is 636 g/mol. The Hall–Kier alpha value is -5.77. The minimum atomic E-state index is -0.579. The van der Waals surface area contributed by atoms with Crippen LogP contribution < -0.4 is 29.1 Å². The standard InChI is InChI=1S/C37H37N3O7/c1-5-43-27-16-17-29-28(22-27)34(25-12-10-9-11-13-25)35(39-29)36(41)40-38-23-24-14-18-31(32(20-24)45-7-3)47-37(42)26-15-19-30(44-6-2)33(21-26)46-8-4/h9-23,39H,5-8H2,1-4H3,(H,40,41). The van der Waals surface area contributed by atoms with Gasteiger partial charge in [-0.15, -0.1) is 0 Å². The van der Waals surface area contributed by atoms with E-state index in [2.05, 4.69) is 15.5 Å². The molecular weight excluding hydrogens is 598 g/mol. The second-order valence-electron chi connectivity index (χ2n) is 10.1. The lowest BCUT2D eigenvalue weighted by molar-refractivity contribution is 0.0727. The largest absolute Gasteiger partial charge is 0.494 e. The van der Waals surface area contributed by atoms with Crippen molar-refractivity contribution in [3.8, 4) is 39.9 Å². The number of rotatable bonds is 14. The summed E-state index contributed by atoms with van der Waals surface area (Å²) in [7, 11) is 0. The third-order valence-corrected chi connectivity index (χ3v) is 7.00. The van der Waals surface area contributed by atoms with Gasteiger partial charge in [-0.2, -0.15) is 5.10 Å². The van der Waals surface area contributed by atoms with Gasteiger partial charge in [0.2, 0.25) is 0 Å². The number of ether oxygens (including phenoxy) is 5. The molecule has 4 aromatic carbocycles. The maximum Gasteiger partial charge on any atom is 0.343 e. The zero-order chi connectivity index (χ0) is 33.2. The molecular formula is C37H37N3O7. The van der Waals surface area contributed by atoms with E-state index < -0.39 is 11.9 Å². The number of nitrogens with zero attached hydrogens (tertiary/aromatic N) is 1. The van der Waals surface area contributed by atoms with Crippen molar-refractivity contribution in [1.29, 1.82) is 0 Å². The van der Waals surface area contributed by atoms with E-state index in [0.29, 0.717) is 60.5 Å². The highest BCUT2D eigenvalue weighted by Gasteiger charge is 2.20. The van der Waals surface area contributed by atoms with E-state index in [1.165, 1.54) is 6.21 Å². The molecule has 0 aliphatic carbocycles. The van der Waals surface area contributed by atoms with Crippen LogP contribution in [0.25, 0.3) is 22.0 Å². The van der Waals surface area contributed by atoms with Gasteiger partial charge in [0.1, 0.15) is 11.4 Å². The fourth-order valence-corrected chi connectivity index (χ4v) is 5.02. The summed E-state index contributed by atoms with van der Waals surface area (Å²) in [5.41, 5.74) is 6.35. The van der Waals surface area contributed by atoms with Crippen LogP contribution in [0, 0.1) is 0 Å². The Morgan fingerprint density at radius 2 is 1.40 bits per heavy atom. The van der Waals surface area contributed by atoms with Gasteiger partial charge in [0, 0.05) is 16.5 Å². The van der Waals surface area contributed by atoms with Crippen LogP contribution in [0.15, 0.2) is 90.0 Å². The third kappa shape index (κ3) is 7.73. The van der Waals surface area contributed by atoms with Gasteiger partial charge in [-0.05, 0) is 93.4 Å². The molecule has 0 saturated carbocycles. The SMILES string of the molecule is CCOc1ccc2[nH]c(C(=O)NN=Cc3ccc(OC(=O)c4ccc(OCC)c(OCC)c4)c(OCC)c3)c(-c3ccccc3)c2c1. The van der Waals surface area contributed by atoms with Crippen LogP contribution in [-0.2, 0) is 0 Å². The van der Waals surface area contributed by atoms with Gasteiger partial charge in [-0.25, -0.2) is 10.2 Å². The van der Waals surface area contributed by atoms with E-state index in [9.17, 15) is 9.59 Å². The van der Waals surface area contributed by atoms with Gasteiger partial charge in [0.05, 0.1) is 38.2 Å². The van der Waals surface area contributed by atoms with Crippen LogP contribution in [0.2, 0.25) is 0 Å². The highest BCUT2D eigenvalue weighted by molar-refractivity contribution is 6.10. The van der Waals surface area contributed by atoms with Crippen molar-refractivity contribution in [2.45, 2.75) is 27.7 Å². The van der Waals surface area contributed by atoms with Crippen LogP contribution in [0.4, 0.5) is 0 Å². The summed E-state index contributed by atoms with van der Waals surface area (Å²) in [5, 5.41) is 5.06. The van der Waals surface area contributed by atoms with E-state index in [1.807, 2.05) is 76.2 Å². The van der Waals surface area contributed by atoms with Crippen molar-refractivity contribution in [1.82, 2.24) is 10.4 Å². The molecule has 10 nitrogen and oxygen atoms in total. The van der Waals surface area contributed by atoms with Crippen molar-refractivity contribution in [2.75, 3.05) is 26.4 Å². The first-order valence-corrected chi connectivity index (χ1v) is 15.5. The van der Waals surface area contributed by atoms with Crippen LogP contribution in [0.5, 0.6) is 28.7 Å². The number of hydrogen-bond donors (Lipinski definition) is 2. The van der Waals surface area contributed by atoms with Gasteiger partial charge in [-0.1, -0.05) is 30.3 Å². The summed E-state index contributed by atoms with van der Waals surface area (Å²) in [6.07, 6.45) is 1.49. The van der Waals surface area contributed by atoms with Gasteiger partial charge in [-0.3, -0.25) is 4.79 Å². The minimum absolute atomic E-state index is 0.238. The first kappa shape index (κ1) is 32.6. The Labute approximate surface area is 273 Å². The zero-order valence-electron chi connectivity index (χ0n) is 26.8. The summed E-state index contributed by atoms with van der Waals surface area (Å²) in [6, 6.07) is 25.3. The molecule has 0 radical (unpaired) electrons. The summed E-state index contributed by atoms with van der Waals surface area (Å²) >= 11 is 0. The first-order valence-electron chi connectivity index (χ1n) is 15.5. The second-order valence-corrected chi connectivity index (χ2v) is 10.1. The van der Waals surface area contributed by atoms with Gasteiger partial charge >= 0.3 is 5.97 Å². The monoisotopic (exact) mass is 635 g/mol. The second kappa shape index (κ2) is 15.5. The fraction of sp³-hybridized carbons (Fsp3) is 0.216. The van der Waals surface area contributed by atoms with Crippen LogP contribution in [0.1, 0.15) is 54.1 Å². The number of carbonyl (C=O) groups is 2. The average Bonchev–Trinajstić information content (AvgIpc) is 3.46. The lowest BCUT2D eigenvalue weighted by Crippen LogP contribution is -2.18. The number of hydrazone groups is 1. The Bertz CT molecular complexity index is 1880. The number of amides is 1. The quantitative estimate of drug-likeness (QED) is 0.0564. The van der Waals surface area contributed by atoms with Crippen molar-refractivity contribution < 1.29 is 33.3 Å². The normalized spacial score (nSPS) is 11.0. The highest BCUT2D eigenvalue weighted by Crippen LogP contribution is 2.35. The zero-order valence-corrected chi connectivity index (χ0v) is 26.8. The first-order chi connectivity index (χ1) is 22.9. The number of hydrogen-bond acceptors (Lipinski definition) is 8. The Balaban J connectivity index is 1.34. The number of aromatic nitrogens is 1. The lowest BCUT2D eigenvalue weighted by atomic mass is 10.0. The van der Waals surface area contributed by atoms with Crippen LogP contribution >= 0.6 is 0 Å². The molecule has 0 aliphatic heterocycles. The number of H-pyrrole nitrogens is 1. The van der Waals surface area contributed by atoms with Gasteiger partial charge < -0.3 is 28.7 Å². The van der Waals surface area contributed by atoms with E-state index in [0.717, 1.165) is 27.8 Å². The maximum absolute atomic E-state index is 13.4. The molecule has 0 unspecified atom stereocenters. The molecule has 1 heterocycles. The Morgan fingerprint density at radius 3 is 2.13 bits per heavy atom. The summed E-state index contributed by atoms with van der Waals surface area (Å²) in [5.74, 6) is 1.32. The smallest absolute Gasteiger partial charge is 0.343 e. The predicted octanol–water partition coefficient (Wildman–Crippen LogP) is 7.41. The fourth-order valence-electron chi connectivity index (χ4n) is 5.02. The minimum Gasteiger partial charge on any atom is -0.494 e. The number of fused-ring (bicyclic) bond motifs is 1. The number of nitrogens with one attached hydrogen (secondary N) is 2. The third-order valence-electron chi connectivity index (χ3n) is 7.00. The van der Waals surface area contributed by atoms with Crippen LogP contribution in [0.3, 0.4) is 0 Å². The van der Waals surface area contributed by atoms with E-state index in [-0.39, 0.29) is 5.75 Å². The molecule has 0 atom stereocenters. The van der Waals surface area contributed by atoms with Gasteiger partial charge in [0.15, 0.2) is 23.0 Å². The molecule has 1 aromatic heterocycles. The molecule has 47 heavy (non-hydrogen) atoms. The molecule has 2 N–H and O–H groups in total. The number of esters is 1.